The van der Waals surface area contributed by atoms with Crippen LogP contribution in [0.3, 0.4) is 0 Å². The normalized spacial score (nSPS) is 31.3. The second-order valence-electron chi connectivity index (χ2n) is 2.60. The van der Waals surface area contributed by atoms with Crippen LogP contribution in [0.1, 0.15) is 6.92 Å². The number of hydrogen-bond acceptors (Lipinski definition) is 3. The van der Waals surface area contributed by atoms with Crippen LogP contribution in [0, 0.1) is 18.3 Å². The molecule has 62 valence electrons. The van der Waals surface area contributed by atoms with Crippen LogP contribution >= 0.6 is 21.6 Å². The summed E-state index contributed by atoms with van der Waals surface area (Å²) in [5, 5.41) is 0. The molecule has 0 aromatic carbocycles. The van der Waals surface area contributed by atoms with E-state index in [0.29, 0.717) is 18.6 Å². The third kappa shape index (κ3) is 2.98. The van der Waals surface area contributed by atoms with Crippen LogP contribution in [-0.2, 0) is 4.74 Å². The molecule has 0 N–H and O–H groups in total. The molecule has 0 bridgehead atoms. The van der Waals surface area contributed by atoms with Crippen LogP contribution < -0.4 is 0 Å². The molecule has 11 heavy (non-hydrogen) atoms. The van der Waals surface area contributed by atoms with Crippen LogP contribution in [0.15, 0.2) is 0 Å². The molecule has 0 radical (unpaired) electrons. The fraction of sp³-hybridized carbons (Fsp3) is 0.750. The molecular formula is C8H12OS2. The molecule has 1 nitrogen and oxygen atoms in total. The fourth-order valence-corrected chi connectivity index (χ4v) is 3.71. The van der Waals surface area contributed by atoms with E-state index >= 15 is 0 Å². The van der Waals surface area contributed by atoms with E-state index in [0.717, 1.165) is 5.75 Å². The monoisotopic (exact) mass is 188 g/mol. The third-order valence-corrected chi connectivity index (χ3v) is 4.27. The predicted molar refractivity (Wildman–Crippen MR) is 52.7 cm³/mol. The highest BCUT2D eigenvalue weighted by atomic mass is 33.1. The zero-order valence-electron chi connectivity index (χ0n) is 6.58. The Morgan fingerprint density at radius 1 is 1.55 bits per heavy atom. The van der Waals surface area contributed by atoms with E-state index in [2.05, 4.69) is 12.8 Å². The van der Waals surface area contributed by atoms with Gasteiger partial charge in [0.2, 0.25) is 0 Å². The maximum absolute atomic E-state index is 5.47. The van der Waals surface area contributed by atoms with E-state index in [-0.39, 0.29) is 0 Å². The van der Waals surface area contributed by atoms with Gasteiger partial charge < -0.3 is 4.74 Å². The number of terminal acetylenes is 1. The van der Waals surface area contributed by atoms with Gasteiger partial charge in [-0.2, -0.15) is 0 Å². The van der Waals surface area contributed by atoms with E-state index in [1.165, 1.54) is 5.75 Å². The molecular weight excluding hydrogens is 176 g/mol. The second-order valence-corrected chi connectivity index (χ2v) is 5.15. The van der Waals surface area contributed by atoms with E-state index < -0.39 is 0 Å². The second kappa shape index (κ2) is 4.97. The van der Waals surface area contributed by atoms with Crippen LogP contribution in [0.2, 0.25) is 0 Å². The molecule has 1 heterocycles. The van der Waals surface area contributed by atoms with Crippen LogP contribution in [0.4, 0.5) is 0 Å². The molecule has 0 spiro atoms. The minimum atomic E-state index is 0.372. The predicted octanol–water partition coefficient (Wildman–Crippen LogP) is 2.04. The summed E-state index contributed by atoms with van der Waals surface area (Å²) in [7, 11) is 3.81. The average molecular weight is 188 g/mol. The van der Waals surface area contributed by atoms with Gasteiger partial charge in [0.25, 0.3) is 0 Å². The van der Waals surface area contributed by atoms with Gasteiger partial charge in [-0.3, -0.25) is 0 Å². The Morgan fingerprint density at radius 2 is 2.27 bits per heavy atom. The zero-order chi connectivity index (χ0) is 8.10. The lowest BCUT2D eigenvalue weighted by Crippen LogP contribution is -2.28. The first-order valence-corrected chi connectivity index (χ1v) is 6.13. The van der Waals surface area contributed by atoms with Gasteiger partial charge in [-0.05, 0) is 5.92 Å². The number of rotatable bonds is 2. The molecule has 0 saturated carbocycles. The van der Waals surface area contributed by atoms with Gasteiger partial charge in [-0.25, -0.2) is 0 Å². The molecule has 3 heteroatoms. The molecule has 1 aliphatic heterocycles. The highest BCUT2D eigenvalue weighted by Crippen LogP contribution is 2.33. The Kier molecular flexibility index (Phi) is 4.21. The highest BCUT2D eigenvalue weighted by molar-refractivity contribution is 8.76. The molecule has 1 saturated heterocycles. The van der Waals surface area contributed by atoms with Crippen LogP contribution in [0.25, 0.3) is 0 Å². The summed E-state index contributed by atoms with van der Waals surface area (Å²) in [5.74, 6) is 5.40. The molecule has 1 aliphatic rings. The minimum Gasteiger partial charge on any atom is -0.364 e. The van der Waals surface area contributed by atoms with Crippen molar-refractivity contribution in [1.29, 1.82) is 0 Å². The van der Waals surface area contributed by atoms with Crippen LogP contribution in [-0.4, -0.2) is 24.2 Å². The maximum atomic E-state index is 5.47. The topological polar surface area (TPSA) is 9.23 Å². The third-order valence-electron chi connectivity index (χ3n) is 1.66. The maximum Gasteiger partial charge on any atom is 0.107 e. The minimum absolute atomic E-state index is 0.372. The van der Waals surface area contributed by atoms with Crippen molar-refractivity contribution in [2.75, 3.05) is 18.1 Å². The van der Waals surface area contributed by atoms with Gasteiger partial charge >= 0.3 is 0 Å². The first-order valence-electron chi connectivity index (χ1n) is 3.64. The van der Waals surface area contributed by atoms with Crippen molar-refractivity contribution >= 4 is 21.6 Å². The van der Waals surface area contributed by atoms with Gasteiger partial charge in [-0.1, -0.05) is 34.4 Å². The Bertz CT molecular complexity index is 153. The Morgan fingerprint density at radius 3 is 2.91 bits per heavy atom. The molecule has 0 aromatic heterocycles. The van der Waals surface area contributed by atoms with Gasteiger partial charge in [0.1, 0.15) is 6.61 Å². The van der Waals surface area contributed by atoms with Crippen LogP contribution in [0.5, 0.6) is 0 Å². The molecule has 1 rings (SSSR count). The SMILES string of the molecule is C#CCOC1CSSCC1C. The van der Waals surface area contributed by atoms with Gasteiger partial charge in [0.05, 0.1) is 6.10 Å². The first kappa shape index (κ1) is 9.31. The van der Waals surface area contributed by atoms with Crippen molar-refractivity contribution in [2.45, 2.75) is 13.0 Å². The largest absolute Gasteiger partial charge is 0.364 e. The van der Waals surface area contributed by atoms with Gasteiger partial charge in [0, 0.05) is 11.5 Å². The zero-order valence-corrected chi connectivity index (χ0v) is 8.21. The summed E-state index contributed by atoms with van der Waals surface area (Å²) in [6.07, 6.45) is 5.48. The van der Waals surface area contributed by atoms with Gasteiger partial charge in [0.15, 0.2) is 0 Å². The molecule has 2 atom stereocenters. The summed E-state index contributed by atoms with van der Waals surface area (Å²) in [4.78, 5) is 0. The molecule has 2 unspecified atom stereocenters. The molecule has 0 aromatic rings. The number of ether oxygens (including phenoxy) is 1. The van der Waals surface area contributed by atoms with Crippen molar-refractivity contribution in [3.63, 3.8) is 0 Å². The standard InChI is InChI=1S/C8H12OS2/c1-3-4-9-8-6-11-10-5-7(8)2/h1,7-8H,4-6H2,2H3. The van der Waals surface area contributed by atoms with E-state index in [1.54, 1.807) is 0 Å². The Hall–Kier alpha value is 0.220. The fourth-order valence-electron chi connectivity index (χ4n) is 0.910. The van der Waals surface area contributed by atoms with Crippen molar-refractivity contribution in [1.82, 2.24) is 0 Å². The lowest BCUT2D eigenvalue weighted by Gasteiger charge is -2.26. The van der Waals surface area contributed by atoms with Gasteiger partial charge in [-0.15, -0.1) is 6.42 Å². The lowest BCUT2D eigenvalue weighted by molar-refractivity contribution is 0.0626. The Balaban J connectivity index is 2.25. The first-order chi connectivity index (χ1) is 5.34. The summed E-state index contributed by atoms with van der Waals surface area (Å²) in [6, 6.07) is 0. The summed E-state index contributed by atoms with van der Waals surface area (Å²) >= 11 is 0. The quantitative estimate of drug-likeness (QED) is 0.485. The smallest absolute Gasteiger partial charge is 0.107 e. The molecule has 0 aliphatic carbocycles. The summed E-state index contributed by atoms with van der Waals surface area (Å²) in [5.41, 5.74) is 0. The van der Waals surface area contributed by atoms with E-state index in [4.69, 9.17) is 11.2 Å². The molecule has 0 amide bonds. The van der Waals surface area contributed by atoms with E-state index in [9.17, 15) is 0 Å². The number of hydrogen-bond donors (Lipinski definition) is 0. The molecule has 1 fully saturated rings. The summed E-state index contributed by atoms with van der Waals surface area (Å²) < 4.78 is 5.47. The van der Waals surface area contributed by atoms with Crippen molar-refractivity contribution < 1.29 is 4.74 Å². The summed E-state index contributed by atoms with van der Waals surface area (Å²) in [6.45, 7) is 2.67. The van der Waals surface area contributed by atoms with Crippen molar-refractivity contribution in [3.8, 4) is 12.3 Å². The van der Waals surface area contributed by atoms with E-state index in [1.807, 2.05) is 21.6 Å². The average Bonchev–Trinajstić information content (AvgIpc) is 2.03. The lowest BCUT2D eigenvalue weighted by atomic mass is 10.1. The van der Waals surface area contributed by atoms with Crippen molar-refractivity contribution in [3.05, 3.63) is 0 Å². The highest BCUT2D eigenvalue weighted by Gasteiger charge is 2.22. The van der Waals surface area contributed by atoms with Crippen molar-refractivity contribution in [2.24, 2.45) is 5.92 Å². The Labute approximate surface area is 76.0 Å².